The van der Waals surface area contributed by atoms with Gasteiger partial charge in [0.25, 0.3) is 0 Å². The summed E-state index contributed by atoms with van der Waals surface area (Å²) in [6.07, 6.45) is 1.18. The van der Waals surface area contributed by atoms with Gasteiger partial charge in [-0.25, -0.2) is 22.9 Å². The molecule has 4 rings (SSSR count). The molecule has 0 spiro atoms. The number of carbonyl (C=O) groups is 1. The van der Waals surface area contributed by atoms with Crippen molar-refractivity contribution in [3.8, 4) is 0 Å². The van der Waals surface area contributed by atoms with Crippen molar-refractivity contribution < 1.29 is 17.9 Å². The second-order valence-corrected chi connectivity index (χ2v) is 12.5. The number of carbonyl (C=O) groups excluding carboxylic acids is 1. The van der Waals surface area contributed by atoms with E-state index in [0.717, 1.165) is 30.9 Å². The number of rotatable bonds is 8. The number of sulfonamides is 1. The van der Waals surface area contributed by atoms with Gasteiger partial charge < -0.3 is 20.3 Å². The summed E-state index contributed by atoms with van der Waals surface area (Å²) < 4.78 is 32.6. The summed E-state index contributed by atoms with van der Waals surface area (Å²) in [5.41, 5.74) is 1.75. The first-order valence-electron chi connectivity index (χ1n) is 12.8. The number of ether oxygens (including phenoxy) is 1. The second kappa shape index (κ2) is 12.4. The topological polar surface area (TPSA) is 129 Å². The van der Waals surface area contributed by atoms with Crippen molar-refractivity contribution in [3.63, 3.8) is 0 Å². The van der Waals surface area contributed by atoms with E-state index in [4.69, 9.17) is 16.3 Å². The van der Waals surface area contributed by atoms with Crippen LogP contribution in [-0.4, -0.2) is 73.1 Å². The molecule has 1 aromatic heterocycles. The number of benzene rings is 2. The van der Waals surface area contributed by atoms with Crippen LogP contribution in [0.5, 0.6) is 0 Å². The van der Waals surface area contributed by atoms with Crippen molar-refractivity contribution in [1.82, 2.24) is 24.5 Å². The van der Waals surface area contributed by atoms with Crippen LogP contribution in [0.2, 0.25) is 5.02 Å². The monoisotopic (exact) mass is 587 g/mol. The third kappa shape index (κ3) is 7.81. The molecule has 13 heteroatoms. The molecule has 214 valence electrons. The fourth-order valence-electron chi connectivity index (χ4n) is 4.05. The molecule has 0 atom stereocenters. The number of aromatic nitrogens is 2. The van der Waals surface area contributed by atoms with E-state index in [1.807, 2.05) is 45.0 Å². The lowest BCUT2D eigenvalue weighted by Crippen LogP contribution is -2.49. The molecule has 40 heavy (non-hydrogen) atoms. The molecular formula is C27H34ClN7O4S. The molecule has 0 unspecified atom stereocenters. The van der Waals surface area contributed by atoms with E-state index in [1.54, 1.807) is 23.1 Å². The average Bonchev–Trinajstić information content (AvgIpc) is 2.91. The highest BCUT2D eigenvalue weighted by Crippen LogP contribution is 2.29. The fourth-order valence-corrected chi connectivity index (χ4v) is 5.08. The summed E-state index contributed by atoms with van der Waals surface area (Å²) in [4.78, 5) is 25.1. The van der Waals surface area contributed by atoms with Gasteiger partial charge in [0.1, 0.15) is 15.5 Å². The number of anilines is 4. The van der Waals surface area contributed by atoms with Crippen LogP contribution in [0.4, 0.5) is 27.9 Å². The predicted octanol–water partition coefficient (Wildman–Crippen LogP) is 4.58. The number of nitrogens with zero attached hydrogens (tertiary/aromatic N) is 4. The standard InChI is InChI=1S/C27H34ClN7O4S/c1-27(2,3)39-26(36)35-15-13-34(14-16-35)18-19-9-11-20(12-10-19)31-25-30-17-21(28)24(33-25)32-22-7-5-6-8-23(22)40(37,38)29-4/h5-12,17,29H,13-16,18H2,1-4H3,(H2,30,31,32,33). The highest BCUT2D eigenvalue weighted by Gasteiger charge is 2.26. The Labute approximate surface area is 240 Å². The van der Waals surface area contributed by atoms with Crippen LogP contribution in [-0.2, 0) is 21.3 Å². The summed E-state index contributed by atoms with van der Waals surface area (Å²) in [6.45, 7) is 9.17. The van der Waals surface area contributed by atoms with Gasteiger partial charge in [-0.15, -0.1) is 0 Å². The Morgan fingerprint density at radius 3 is 2.35 bits per heavy atom. The van der Waals surface area contributed by atoms with E-state index < -0.39 is 15.6 Å². The first-order valence-corrected chi connectivity index (χ1v) is 14.7. The SMILES string of the molecule is CNS(=O)(=O)c1ccccc1Nc1nc(Nc2ccc(CN3CCN(C(=O)OC(C)(C)C)CC3)cc2)ncc1Cl. The molecule has 3 aromatic rings. The minimum Gasteiger partial charge on any atom is -0.444 e. The first kappa shape index (κ1) is 29.5. The smallest absolute Gasteiger partial charge is 0.410 e. The number of nitrogens with one attached hydrogen (secondary N) is 3. The van der Waals surface area contributed by atoms with E-state index in [0.29, 0.717) is 24.7 Å². The van der Waals surface area contributed by atoms with Gasteiger partial charge in [0.2, 0.25) is 16.0 Å². The maximum atomic E-state index is 12.4. The largest absolute Gasteiger partial charge is 0.444 e. The van der Waals surface area contributed by atoms with Crippen molar-refractivity contribution in [1.29, 1.82) is 0 Å². The molecule has 1 saturated heterocycles. The molecule has 0 bridgehead atoms. The van der Waals surface area contributed by atoms with Crippen molar-refractivity contribution in [2.24, 2.45) is 0 Å². The van der Waals surface area contributed by atoms with E-state index in [-0.39, 0.29) is 21.8 Å². The van der Waals surface area contributed by atoms with E-state index >= 15 is 0 Å². The van der Waals surface area contributed by atoms with E-state index in [1.165, 1.54) is 19.3 Å². The fraction of sp³-hybridized carbons (Fsp3) is 0.370. The minimum absolute atomic E-state index is 0.0727. The van der Waals surface area contributed by atoms with Gasteiger partial charge in [-0.05, 0) is 57.6 Å². The Hall–Kier alpha value is -3.45. The van der Waals surface area contributed by atoms with Gasteiger partial charge >= 0.3 is 6.09 Å². The minimum atomic E-state index is -3.69. The zero-order valence-corrected chi connectivity index (χ0v) is 24.5. The van der Waals surface area contributed by atoms with Gasteiger partial charge in [-0.3, -0.25) is 4.90 Å². The molecule has 11 nitrogen and oxygen atoms in total. The van der Waals surface area contributed by atoms with Crippen LogP contribution in [0.25, 0.3) is 0 Å². The Morgan fingerprint density at radius 1 is 1.02 bits per heavy atom. The van der Waals surface area contributed by atoms with Crippen molar-refractivity contribution >= 4 is 50.9 Å². The molecule has 2 heterocycles. The van der Waals surface area contributed by atoms with Gasteiger partial charge in [0.05, 0.1) is 11.9 Å². The first-order chi connectivity index (χ1) is 18.9. The summed E-state index contributed by atoms with van der Waals surface area (Å²) in [5, 5.41) is 6.40. The van der Waals surface area contributed by atoms with Crippen molar-refractivity contribution in [3.05, 3.63) is 65.3 Å². The van der Waals surface area contributed by atoms with Crippen LogP contribution >= 0.6 is 11.6 Å². The van der Waals surface area contributed by atoms with Gasteiger partial charge in [-0.2, -0.15) is 4.98 Å². The molecule has 0 aliphatic carbocycles. The molecule has 0 saturated carbocycles. The molecule has 1 aliphatic rings. The molecule has 1 amide bonds. The van der Waals surface area contributed by atoms with Crippen LogP contribution < -0.4 is 15.4 Å². The molecule has 1 aliphatic heterocycles. The maximum Gasteiger partial charge on any atom is 0.410 e. The Balaban J connectivity index is 1.36. The number of piperazine rings is 1. The number of halogens is 1. The highest BCUT2D eigenvalue weighted by atomic mass is 35.5. The predicted molar refractivity (Wildman–Crippen MR) is 156 cm³/mol. The average molecular weight is 588 g/mol. The van der Waals surface area contributed by atoms with Crippen LogP contribution in [0, 0.1) is 0 Å². The Morgan fingerprint density at radius 2 is 1.70 bits per heavy atom. The summed E-state index contributed by atoms with van der Waals surface area (Å²) in [6, 6.07) is 14.4. The van der Waals surface area contributed by atoms with Gasteiger partial charge in [0, 0.05) is 38.4 Å². The lowest BCUT2D eigenvalue weighted by Gasteiger charge is -2.35. The zero-order chi connectivity index (χ0) is 28.9. The van der Waals surface area contributed by atoms with Crippen LogP contribution in [0.15, 0.2) is 59.6 Å². The normalized spacial score (nSPS) is 14.6. The summed E-state index contributed by atoms with van der Waals surface area (Å²) >= 11 is 6.30. The number of hydrogen-bond donors (Lipinski definition) is 3. The van der Waals surface area contributed by atoms with Crippen LogP contribution in [0.1, 0.15) is 26.3 Å². The summed E-state index contributed by atoms with van der Waals surface area (Å²) in [5.74, 6) is 0.562. The van der Waals surface area contributed by atoms with Crippen molar-refractivity contribution in [2.45, 2.75) is 37.8 Å². The van der Waals surface area contributed by atoms with E-state index in [9.17, 15) is 13.2 Å². The lowest BCUT2D eigenvalue weighted by atomic mass is 10.2. The molecule has 2 aromatic carbocycles. The number of para-hydroxylation sites is 1. The third-order valence-electron chi connectivity index (χ3n) is 6.08. The van der Waals surface area contributed by atoms with E-state index in [2.05, 4.69) is 30.2 Å². The van der Waals surface area contributed by atoms with Crippen LogP contribution in [0.3, 0.4) is 0 Å². The maximum absolute atomic E-state index is 12.4. The summed E-state index contributed by atoms with van der Waals surface area (Å²) in [7, 11) is -2.34. The van der Waals surface area contributed by atoms with Crippen molar-refractivity contribution in [2.75, 3.05) is 43.9 Å². The molecular weight excluding hydrogens is 554 g/mol. The second-order valence-electron chi connectivity index (χ2n) is 10.3. The molecule has 0 radical (unpaired) electrons. The van der Waals surface area contributed by atoms with Gasteiger partial charge in [-0.1, -0.05) is 35.9 Å². The lowest BCUT2D eigenvalue weighted by molar-refractivity contribution is 0.0139. The molecule has 1 fully saturated rings. The Bertz CT molecular complexity index is 1440. The number of hydrogen-bond acceptors (Lipinski definition) is 9. The highest BCUT2D eigenvalue weighted by molar-refractivity contribution is 7.89. The number of amides is 1. The quantitative estimate of drug-likeness (QED) is 0.347. The third-order valence-corrected chi connectivity index (χ3v) is 7.83. The molecule has 3 N–H and O–H groups in total. The zero-order valence-electron chi connectivity index (χ0n) is 22.9. The Kier molecular flexibility index (Phi) is 9.14. The van der Waals surface area contributed by atoms with Gasteiger partial charge in [0.15, 0.2) is 5.82 Å².